The van der Waals surface area contributed by atoms with Crippen LogP contribution in [0.15, 0.2) is 0 Å². The molecular weight excluding hydrogens is 202 g/mol. The van der Waals surface area contributed by atoms with E-state index in [9.17, 15) is 0 Å². The van der Waals surface area contributed by atoms with E-state index < -0.39 is 0 Å². The average Bonchev–Trinajstić information content (AvgIpc) is 2.81. The highest BCUT2D eigenvalue weighted by molar-refractivity contribution is 8.00. The summed E-state index contributed by atoms with van der Waals surface area (Å²) < 4.78 is 0. The van der Waals surface area contributed by atoms with Gasteiger partial charge in [-0.3, -0.25) is 0 Å². The lowest BCUT2D eigenvalue weighted by Crippen LogP contribution is -2.40. The van der Waals surface area contributed by atoms with Gasteiger partial charge < -0.3 is 5.73 Å². The normalized spacial score (nSPS) is 39.2. The van der Waals surface area contributed by atoms with Crippen LogP contribution in [0.5, 0.6) is 0 Å². The molecule has 1 aliphatic carbocycles. The maximum atomic E-state index is 6.45. The Balaban J connectivity index is 1.85. The minimum absolute atomic E-state index is 0.492. The first-order chi connectivity index (χ1) is 7.31. The lowest BCUT2D eigenvalue weighted by molar-refractivity contribution is 0.226. The second-order valence-corrected chi connectivity index (χ2v) is 6.68. The van der Waals surface area contributed by atoms with E-state index in [1.54, 1.807) is 0 Å². The van der Waals surface area contributed by atoms with Gasteiger partial charge in [-0.15, -0.1) is 0 Å². The number of nitrogens with two attached hydrogens (primary N) is 1. The summed E-state index contributed by atoms with van der Waals surface area (Å²) in [6.45, 7) is 2.34. The third kappa shape index (κ3) is 2.91. The molecule has 1 saturated carbocycles. The standard InChI is InChI=1S/C13H25NS/c1-2-10-5-3-6-11(9-10)13(14)12-7-4-8-15-12/h10-13H,2-9,14H2,1H3. The van der Waals surface area contributed by atoms with Gasteiger partial charge in [0.1, 0.15) is 0 Å². The summed E-state index contributed by atoms with van der Waals surface area (Å²) in [5.41, 5.74) is 6.45. The molecule has 0 aromatic rings. The smallest absolute Gasteiger partial charge is 0.0202 e. The average molecular weight is 227 g/mol. The van der Waals surface area contributed by atoms with Crippen molar-refractivity contribution in [2.45, 2.75) is 63.2 Å². The van der Waals surface area contributed by atoms with Gasteiger partial charge in [-0.05, 0) is 43.3 Å². The van der Waals surface area contributed by atoms with E-state index in [0.29, 0.717) is 6.04 Å². The molecule has 1 aliphatic heterocycles. The molecule has 88 valence electrons. The van der Waals surface area contributed by atoms with E-state index in [-0.39, 0.29) is 0 Å². The molecule has 0 bridgehead atoms. The van der Waals surface area contributed by atoms with Crippen LogP contribution in [0.4, 0.5) is 0 Å². The molecule has 2 heteroatoms. The van der Waals surface area contributed by atoms with E-state index in [2.05, 4.69) is 18.7 Å². The summed E-state index contributed by atoms with van der Waals surface area (Å²) in [4.78, 5) is 0. The second-order valence-electron chi connectivity index (χ2n) is 5.33. The van der Waals surface area contributed by atoms with Crippen molar-refractivity contribution in [2.24, 2.45) is 17.6 Å². The number of hydrogen-bond donors (Lipinski definition) is 1. The first kappa shape index (κ1) is 11.8. The van der Waals surface area contributed by atoms with Crippen molar-refractivity contribution in [2.75, 3.05) is 5.75 Å². The molecule has 4 unspecified atom stereocenters. The molecular formula is C13H25NS. The van der Waals surface area contributed by atoms with E-state index in [4.69, 9.17) is 5.73 Å². The SMILES string of the molecule is CCC1CCCC(C(N)C2CCCS2)C1. The minimum Gasteiger partial charge on any atom is -0.326 e. The molecule has 1 saturated heterocycles. The maximum Gasteiger partial charge on any atom is 0.0202 e. The summed E-state index contributed by atoms with van der Waals surface area (Å²) in [7, 11) is 0. The maximum absolute atomic E-state index is 6.45. The zero-order valence-electron chi connectivity index (χ0n) is 9.95. The highest BCUT2D eigenvalue weighted by Crippen LogP contribution is 2.38. The quantitative estimate of drug-likeness (QED) is 0.799. The minimum atomic E-state index is 0.492. The van der Waals surface area contributed by atoms with Gasteiger partial charge in [-0.2, -0.15) is 11.8 Å². The van der Waals surface area contributed by atoms with Gasteiger partial charge in [0.2, 0.25) is 0 Å². The van der Waals surface area contributed by atoms with Gasteiger partial charge in [0.15, 0.2) is 0 Å². The van der Waals surface area contributed by atoms with Crippen LogP contribution in [0.2, 0.25) is 0 Å². The summed E-state index contributed by atoms with van der Waals surface area (Å²) in [6, 6.07) is 0.492. The molecule has 2 aliphatic rings. The summed E-state index contributed by atoms with van der Waals surface area (Å²) in [5, 5.41) is 0.783. The predicted octanol–water partition coefficient (Wildman–Crippen LogP) is 3.43. The molecule has 15 heavy (non-hydrogen) atoms. The highest BCUT2D eigenvalue weighted by Gasteiger charge is 2.32. The third-order valence-corrected chi connectivity index (χ3v) is 5.84. The number of thioether (sulfide) groups is 1. The fourth-order valence-electron chi connectivity index (χ4n) is 3.26. The van der Waals surface area contributed by atoms with Crippen LogP contribution in [0.1, 0.15) is 51.9 Å². The lowest BCUT2D eigenvalue weighted by atomic mass is 9.76. The zero-order chi connectivity index (χ0) is 10.7. The van der Waals surface area contributed by atoms with E-state index in [1.165, 1.54) is 50.7 Å². The van der Waals surface area contributed by atoms with Crippen LogP contribution >= 0.6 is 11.8 Å². The Kier molecular flexibility index (Phi) is 4.39. The highest BCUT2D eigenvalue weighted by atomic mass is 32.2. The van der Waals surface area contributed by atoms with Crippen LogP contribution in [0.25, 0.3) is 0 Å². The zero-order valence-corrected chi connectivity index (χ0v) is 10.8. The molecule has 2 N–H and O–H groups in total. The molecule has 2 fully saturated rings. The van der Waals surface area contributed by atoms with Gasteiger partial charge >= 0.3 is 0 Å². The van der Waals surface area contributed by atoms with Gasteiger partial charge in [-0.1, -0.05) is 26.2 Å². The van der Waals surface area contributed by atoms with Crippen LogP contribution in [0, 0.1) is 11.8 Å². The first-order valence-corrected chi connectivity index (χ1v) is 7.73. The van der Waals surface area contributed by atoms with Crippen molar-refractivity contribution >= 4 is 11.8 Å². The van der Waals surface area contributed by atoms with Crippen molar-refractivity contribution in [1.82, 2.24) is 0 Å². The van der Waals surface area contributed by atoms with Gasteiger partial charge in [-0.25, -0.2) is 0 Å². The predicted molar refractivity (Wildman–Crippen MR) is 69.2 cm³/mol. The summed E-state index contributed by atoms with van der Waals surface area (Å²) in [6.07, 6.45) is 9.82. The first-order valence-electron chi connectivity index (χ1n) is 6.68. The van der Waals surface area contributed by atoms with Crippen LogP contribution < -0.4 is 5.73 Å². The Hall–Kier alpha value is 0.310. The van der Waals surface area contributed by atoms with Gasteiger partial charge in [0.05, 0.1) is 0 Å². The molecule has 0 aromatic carbocycles. The topological polar surface area (TPSA) is 26.0 Å². The molecule has 1 nitrogen and oxygen atoms in total. The largest absolute Gasteiger partial charge is 0.326 e. The summed E-state index contributed by atoms with van der Waals surface area (Å²) >= 11 is 2.13. The Morgan fingerprint density at radius 2 is 2.13 bits per heavy atom. The second kappa shape index (κ2) is 5.58. The molecule has 0 amide bonds. The number of hydrogen-bond acceptors (Lipinski definition) is 2. The molecule has 4 atom stereocenters. The summed E-state index contributed by atoms with van der Waals surface area (Å²) in [5.74, 6) is 3.16. The monoisotopic (exact) mass is 227 g/mol. The van der Waals surface area contributed by atoms with Crippen molar-refractivity contribution < 1.29 is 0 Å². The fourth-order valence-corrected chi connectivity index (χ4v) is 4.68. The number of rotatable bonds is 3. The van der Waals surface area contributed by atoms with Gasteiger partial charge in [0, 0.05) is 11.3 Å². The third-order valence-electron chi connectivity index (χ3n) is 4.34. The Labute approximate surface area is 98.6 Å². The fraction of sp³-hybridized carbons (Fsp3) is 1.00. The molecule has 1 heterocycles. The van der Waals surface area contributed by atoms with Crippen molar-refractivity contribution in [1.29, 1.82) is 0 Å². The van der Waals surface area contributed by atoms with Gasteiger partial charge in [0.25, 0.3) is 0 Å². The Morgan fingerprint density at radius 1 is 1.27 bits per heavy atom. The van der Waals surface area contributed by atoms with Crippen LogP contribution in [-0.2, 0) is 0 Å². The molecule has 2 rings (SSSR count). The van der Waals surface area contributed by atoms with E-state index in [0.717, 1.165) is 17.1 Å². The Morgan fingerprint density at radius 3 is 2.80 bits per heavy atom. The Bertz CT molecular complexity index is 189. The molecule has 0 aromatic heterocycles. The van der Waals surface area contributed by atoms with E-state index in [1.807, 2.05) is 0 Å². The van der Waals surface area contributed by atoms with Crippen molar-refractivity contribution in [3.8, 4) is 0 Å². The van der Waals surface area contributed by atoms with Crippen LogP contribution in [0.3, 0.4) is 0 Å². The molecule has 0 spiro atoms. The van der Waals surface area contributed by atoms with Crippen LogP contribution in [-0.4, -0.2) is 17.0 Å². The molecule has 0 radical (unpaired) electrons. The van der Waals surface area contributed by atoms with Crippen molar-refractivity contribution in [3.05, 3.63) is 0 Å². The van der Waals surface area contributed by atoms with Crippen molar-refractivity contribution in [3.63, 3.8) is 0 Å². The van der Waals surface area contributed by atoms with E-state index >= 15 is 0 Å². The lowest BCUT2D eigenvalue weighted by Gasteiger charge is -2.34.